The highest BCUT2D eigenvalue weighted by atomic mass is 19.1. The van der Waals surface area contributed by atoms with Crippen molar-refractivity contribution in [1.29, 1.82) is 0 Å². The van der Waals surface area contributed by atoms with Crippen molar-refractivity contribution in [2.75, 3.05) is 0 Å². The van der Waals surface area contributed by atoms with Gasteiger partial charge in [-0.2, -0.15) is 0 Å². The molecule has 100 valence electrons. The molecular formula is C17H13FO2. The number of hydrogen-bond acceptors (Lipinski definition) is 2. The van der Waals surface area contributed by atoms with E-state index in [2.05, 4.69) is 0 Å². The molecule has 0 aliphatic rings. The monoisotopic (exact) mass is 268 g/mol. The number of halogens is 1. The minimum atomic E-state index is -0.337. The van der Waals surface area contributed by atoms with Crippen LogP contribution in [0.15, 0.2) is 52.9 Å². The molecule has 3 rings (SSSR count). The van der Waals surface area contributed by atoms with Crippen LogP contribution in [0.25, 0.3) is 11.0 Å². The number of fused-ring (bicyclic) bond motifs is 1. The van der Waals surface area contributed by atoms with E-state index in [1.807, 2.05) is 31.2 Å². The first-order valence-corrected chi connectivity index (χ1v) is 6.40. The van der Waals surface area contributed by atoms with Crippen LogP contribution in [-0.4, -0.2) is 5.78 Å². The highest BCUT2D eigenvalue weighted by Crippen LogP contribution is 2.22. The number of Topliss-reactive ketones (excluding diaryl/α,β-unsaturated/α-hetero) is 1. The Morgan fingerprint density at radius 2 is 1.95 bits per heavy atom. The van der Waals surface area contributed by atoms with Gasteiger partial charge in [0.2, 0.25) is 5.78 Å². The Kier molecular flexibility index (Phi) is 3.11. The Hall–Kier alpha value is -2.42. The molecule has 1 aromatic heterocycles. The van der Waals surface area contributed by atoms with Gasteiger partial charge in [-0.05, 0) is 42.3 Å². The van der Waals surface area contributed by atoms with Crippen LogP contribution >= 0.6 is 0 Å². The van der Waals surface area contributed by atoms with Gasteiger partial charge in [-0.15, -0.1) is 0 Å². The number of carbonyl (C=O) groups is 1. The van der Waals surface area contributed by atoms with Crippen LogP contribution in [0.2, 0.25) is 0 Å². The number of aryl methyl sites for hydroxylation is 1. The maximum Gasteiger partial charge on any atom is 0.202 e. The van der Waals surface area contributed by atoms with Gasteiger partial charge in [0.15, 0.2) is 5.76 Å². The minimum absolute atomic E-state index is 0.101. The summed E-state index contributed by atoms with van der Waals surface area (Å²) in [6, 6.07) is 13.6. The second kappa shape index (κ2) is 4.93. The molecule has 0 saturated carbocycles. The molecule has 0 saturated heterocycles. The molecule has 0 atom stereocenters. The molecule has 3 heteroatoms. The summed E-state index contributed by atoms with van der Waals surface area (Å²) in [6.45, 7) is 1.97. The van der Waals surface area contributed by atoms with Crippen molar-refractivity contribution in [3.05, 3.63) is 71.2 Å². The predicted molar refractivity (Wildman–Crippen MR) is 75.4 cm³/mol. The first kappa shape index (κ1) is 12.6. The van der Waals surface area contributed by atoms with E-state index in [1.165, 1.54) is 18.2 Å². The van der Waals surface area contributed by atoms with Gasteiger partial charge in [-0.3, -0.25) is 4.79 Å². The summed E-state index contributed by atoms with van der Waals surface area (Å²) >= 11 is 0. The normalized spacial score (nSPS) is 10.9. The molecule has 0 aliphatic carbocycles. The zero-order valence-electron chi connectivity index (χ0n) is 11.0. The molecule has 0 fully saturated rings. The zero-order valence-corrected chi connectivity index (χ0v) is 11.0. The Bertz CT molecular complexity index is 787. The van der Waals surface area contributed by atoms with Gasteiger partial charge in [0, 0.05) is 11.8 Å². The molecule has 2 nitrogen and oxygen atoms in total. The molecule has 0 N–H and O–H groups in total. The topological polar surface area (TPSA) is 30.2 Å². The molecular weight excluding hydrogens is 255 g/mol. The summed E-state index contributed by atoms with van der Waals surface area (Å²) < 4.78 is 18.6. The van der Waals surface area contributed by atoms with E-state index in [0.29, 0.717) is 11.0 Å². The summed E-state index contributed by atoms with van der Waals surface area (Å²) in [5, 5.41) is 0.609. The van der Waals surface area contributed by atoms with Gasteiger partial charge >= 0.3 is 0 Å². The highest BCUT2D eigenvalue weighted by molar-refractivity contribution is 5.98. The largest absolute Gasteiger partial charge is 0.453 e. The maximum absolute atomic E-state index is 13.1. The lowest BCUT2D eigenvalue weighted by molar-refractivity contribution is 0.0968. The van der Waals surface area contributed by atoms with Gasteiger partial charge < -0.3 is 4.42 Å². The van der Waals surface area contributed by atoms with Crippen LogP contribution in [0.4, 0.5) is 4.39 Å². The Balaban J connectivity index is 1.91. The number of carbonyl (C=O) groups excluding carboxylic acids is 1. The number of hydrogen-bond donors (Lipinski definition) is 0. The SMILES string of the molecule is Cc1ccccc1CC(=O)c1cc2cc(F)ccc2o1. The van der Waals surface area contributed by atoms with Gasteiger partial charge in [-0.25, -0.2) is 4.39 Å². The van der Waals surface area contributed by atoms with Gasteiger partial charge in [-0.1, -0.05) is 24.3 Å². The van der Waals surface area contributed by atoms with Crippen LogP contribution in [-0.2, 0) is 6.42 Å². The Morgan fingerprint density at radius 3 is 2.75 bits per heavy atom. The van der Waals surface area contributed by atoms with E-state index in [-0.39, 0.29) is 23.8 Å². The molecule has 2 aromatic carbocycles. The summed E-state index contributed by atoms with van der Waals surface area (Å²) in [6.07, 6.45) is 0.287. The third-order valence-corrected chi connectivity index (χ3v) is 3.37. The van der Waals surface area contributed by atoms with Crippen LogP contribution in [0, 0.1) is 12.7 Å². The molecule has 3 aromatic rings. The van der Waals surface area contributed by atoms with Crippen LogP contribution < -0.4 is 0 Å². The van der Waals surface area contributed by atoms with E-state index < -0.39 is 0 Å². The standard InChI is InChI=1S/C17H13FO2/c1-11-4-2-3-5-12(11)9-15(19)17-10-13-8-14(18)6-7-16(13)20-17/h2-8,10H,9H2,1H3. The van der Waals surface area contributed by atoms with Gasteiger partial charge in [0.25, 0.3) is 0 Å². The molecule has 0 amide bonds. The average molecular weight is 268 g/mol. The number of rotatable bonds is 3. The molecule has 0 spiro atoms. The van der Waals surface area contributed by atoms with Crippen molar-refractivity contribution in [2.45, 2.75) is 13.3 Å². The molecule has 0 radical (unpaired) electrons. The maximum atomic E-state index is 13.1. The van der Waals surface area contributed by atoms with E-state index in [1.54, 1.807) is 6.07 Å². The Labute approximate surface area is 115 Å². The van der Waals surface area contributed by atoms with Crippen LogP contribution in [0.5, 0.6) is 0 Å². The quantitative estimate of drug-likeness (QED) is 0.663. The number of benzene rings is 2. The van der Waals surface area contributed by atoms with E-state index >= 15 is 0 Å². The van der Waals surface area contributed by atoms with Crippen molar-refractivity contribution < 1.29 is 13.6 Å². The minimum Gasteiger partial charge on any atom is -0.453 e. The lowest BCUT2D eigenvalue weighted by Gasteiger charge is -2.02. The van der Waals surface area contributed by atoms with Crippen molar-refractivity contribution in [3.63, 3.8) is 0 Å². The number of ketones is 1. The summed E-state index contributed by atoms with van der Waals surface area (Å²) in [4.78, 5) is 12.2. The molecule has 0 unspecified atom stereocenters. The van der Waals surface area contributed by atoms with Crippen molar-refractivity contribution in [2.24, 2.45) is 0 Å². The van der Waals surface area contributed by atoms with Gasteiger partial charge in [0.05, 0.1) is 0 Å². The van der Waals surface area contributed by atoms with Crippen LogP contribution in [0.3, 0.4) is 0 Å². The smallest absolute Gasteiger partial charge is 0.202 e. The molecule has 1 heterocycles. The summed E-state index contributed by atoms with van der Waals surface area (Å²) in [7, 11) is 0. The predicted octanol–water partition coefficient (Wildman–Crippen LogP) is 4.31. The van der Waals surface area contributed by atoms with E-state index in [4.69, 9.17) is 4.42 Å². The second-order valence-electron chi connectivity index (χ2n) is 4.82. The fourth-order valence-corrected chi connectivity index (χ4v) is 2.22. The average Bonchev–Trinajstić information content (AvgIpc) is 2.84. The number of furan rings is 1. The molecule has 0 aliphatic heterocycles. The van der Waals surface area contributed by atoms with Crippen molar-refractivity contribution in [3.8, 4) is 0 Å². The Morgan fingerprint density at radius 1 is 1.15 bits per heavy atom. The molecule has 0 bridgehead atoms. The lowest BCUT2D eigenvalue weighted by Crippen LogP contribution is -2.03. The van der Waals surface area contributed by atoms with Crippen LogP contribution in [0.1, 0.15) is 21.7 Å². The molecule has 20 heavy (non-hydrogen) atoms. The first-order valence-electron chi connectivity index (χ1n) is 6.40. The first-order chi connectivity index (χ1) is 9.63. The highest BCUT2D eigenvalue weighted by Gasteiger charge is 2.14. The third-order valence-electron chi connectivity index (χ3n) is 3.37. The lowest BCUT2D eigenvalue weighted by atomic mass is 10.0. The van der Waals surface area contributed by atoms with Crippen molar-refractivity contribution in [1.82, 2.24) is 0 Å². The van der Waals surface area contributed by atoms with E-state index in [9.17, 15) is 9.18 Å². The second-order valence-corrected chi connectivity index (χ2v) is 4.82. The zero-order chi connectivity index (χ0) is 14.1. The van der Waals surface area contributed by atoms with Crippen molar-refractivity contribution >= 4 is 16.8 Å². The fourth-order valence-electron chi connectivity index (χ4n) is 2.22. The summed E-state index contributed by atoms with van der Waals surface area (Å²) in [5.74, 6) is -0.166. The summed E-state index contributed by atoms with van der Waals surface area (Å²) in [5.41, 5.74) is 2.58. The van der Waals surface area contributed by atoms with E-state index in [0.717, 1.165) is 11.1 Å². The fraction of sp³-hybridized carbons (Fsp3) is 0.118. The third kappa shape index (κ3) is 2.35. The van der Waals surface area contributed by atoms with Gasteiger partial charge in [0.1, 0.15) is 11.4 Å².